The topological polar surface area (TPSA) is 66.9 Å². The lowest BCUT2D eigenvalue weighted by Crippen LogP contribution is -2.48. The third-order valence-electron chi connectivity index (χ3n) is 4.70. The number of carbonyl (C=O) groups is 1. The fourth-order valence-corrected chi connectivity index (χ4v) is 4.76. The van der Waals surface area contributed by atoms with Crippen molar-refractivity contribution in [2.75, 3.05) is 37.7 Å². The number of piperazine rings is 1. The minimum Gasteiger partial charge on any atom is -0.462 e. The van der Waals surface area contributed by atoms with Crippen LogP contribution in [0.5, 0.6) is 0 Å². The SMILES string of the molecule is CC(C)COC(=O)c1cc(S(=O)(=O)N2CCN(c3ccccc3)CC2)ccc1Cl. The molecular weight excluding hydrogens is 412 g/mol. The van der Waals surface area contributed by atoms with E-state index in [1.165, 1.54) is 22.5 Å². The fourth-order valence-electron chi connectivity index (χ4n) is 3.12. The zero-order valence-electron chi connectivity index (χ0n) is 16.5. The van der Waals surface area contributed by atoms with Gasteiger partial charge in [-0.2, -0.15) is 4.31 Å². The molecule has 0 unspecified atom stereocenters. The first-order valence-corrected chi connectivity index (χ1v) is 11.4. The van der Waals surface area contributed by atoms with Gasteiger partial charge in [0.25, 0.3) is 0 Å². The first-order chi connectivity index (χ1) is 13.8. The van der Waals surface area contributed by atoms with Gasteiger partial charge in [0.05, 0.1) is 22.1 Å². The van der Waals surface area contributed by atoms with Crippen LogP contribution in [0.4, 0.5) is 5.69 Å². The molecule has 0 bridgehead atoms. The summed E-state index contributed by atoms with van der Waals surface area (Å²) in [6.45, 7) is 6.02. The number of carbonyl (C=O) groups excluding carboxylic acids is 1. The van der Waals surface area contributed by atoms with Crippen molar-refractivity contribution in [3.05, 3.63) is 59.1 Å². The number of hydrogen-bond acceptors (Lipinski definition) is 5. The highest BCUT2D eigenvalue weighted by Gasteiger charge is 2.29. The van der Waals surface area contributed by atoms with E-state index in [9.17, 15) is 13.2 Å². The molecule has 2 aromatic rings. The molecule has 1 aliphatic rings. The number of para-hydroxylation sites is 1. The molecule has 0 aromatic heterocycles. The maximum Gasteiger partial charge on any atom is 0.339 e. The van der Waals surface area contributed by atoms with Crippen molar-refractivity contribution in [3.8, 4) is 0 Å². The largest absolute Gasteiger partial charge is 0.462 e. The highest BCUT2D eigenvalue weighted by Crippen LogP contribution is 2.25. The van der Waals surface area contributed by atoms with Gasteiger partial charge in [-0.05, 0) is 36.2 Å². The Morgan fingerprint density at radius 2 is 1.72 bits per heavy atom. The molecule has 6 nitrogen and oxygen atoms in total. The first-order valence-electron chi connectivity index (χ1n) is 9.56. The maximum atomic E-state index is 13.1. The number of halogens is 1. The van der Waals surface area contributed by atoms with Gasteiger partial charge in [0, 0.05) is 31.9 Å². The number of anilines is 1. The lowest BCUT2D eigenvalue weighted by atomic mass is 10.2. The van der Waals surface area contributed by atoms with Gasteiger partial charge in [0.15, 0.2) is 0 Å². The van der Waals surface area contributed by atoms with Crippen LogP contribution in [0.1, 0.15) is 24.2 Å². The van der Waals surface area contributed by atoms with Crippen molar-refractivity contribution in [1.82, 2.24) is 4.31 Å². The quantitative estimate of drug-likeness (QED) is 0.646. The van der Waals surface area contributed by atoms with E-state index in [1.54, 1.807) is 0 Å². The van der Waals surface area contributed by atoms with Gasteiger partial charge in [0.1, 0.15) is 0 Å². The van der Waals surface area contributed by atoms with E-state index in [0.29, 0.717) is 26.2 Å². The lowest BCUT2D eigenvalue weighted by molar-refractivity contribution is 0.0459. The predicted molar refractivity (Wildman–Crippen MR) is 114 cm³/mol. The maximum absolute atomic E-state index is 13.1. The minimum atomic E-state index is -3.73. The fraction of sp³-hybridized carbons (Fsp3) is 0.381. The Hall–Kier alpha value is -2.09. The number of benzene rings is 2. The molecule has 0 spiro atoms. The summed E-state index contributed by atoms with van der Waals surface area (Å²) >= 11 is 6.11. The molecule has 1 saturated heterocycles. The van der Waals surface area contributed by atoms with E-state index < -0.39 is 16.0 Å². The summed E-state index contributed by atoms with van der Waals surface area (Å²) in [6.07, 6.45) is 0. The molecule has 29 heavy (non-hydrogen) atoms. The summed E-state index contributed by atoms with van der Waals surface area (Å²) in [6, 6.07) is 14.1. The molecule has 0 saturated carbocycles. The standard InChI is InChI=1S/C21H25ClN2O4S/c1-16(2)15-28-21(25)19-14-18(8-9-20(19)22)29(26,27)24-12-10-23(11-13-24)17-6-4-3-5-7-17/h3-9,14,16H,10-13,15H2,1-2H3. The third-order valence-corrected chi connectivity index (χ3v) is 6.93. The molecule has 1 aliphatic heterocycles. The van der Waals surface area contributed by atoms with E-state index in [2.05, 4.69) is 4.90 Å². The van der Waals surface area contributed by atoms with Gasteiger partial charge >= 0.3 is 5.97 Å². The summed E-state index contributed by atoms with van der Waals surface area (Å²) in [7, 11) is -3.73. The highest BCUT2D eigenvalue weighted by molar-refractivity contribution is 7.89. The summed E-state index contributed by atoms with van der Waals surface area (Å²) in [5, 5.41) is 0.173. The van der Waals surface area contributed by atoms with Gasteiger partial charge in [-0.3, -0.25) is 0 Å². The predicted octanol–water partition coefficient (Wildman–Crippen LogP) is 3.66. The number of nitrogens with zero attached hydrogens (tertiary/aromatic N) is 2. The Balaban J connectivity index is 1.74. The second kappa shape index (κ2) is 9.15. The number of sulfonamides is 1. The first kappa shape index (κ1) is 21.6. The van der Waals surface area contributed by atoms with Crippen LogP contribution < -0.4 is 4.90 Å². The van der Waals surface area contributed by atoms with Crippen LogP contribution in [0.25, 0.3) is 0 Å². The molecule has 3 rings (SSSR count). The number of rotatable bonds is 6. The Morgan fingerprint density at radius 1 is 1.07 bits per heavy atom. The molecule has 2 aromatic carbocycles. The van der Waals surface area contributed by atoms with E-state index >= 15 is 0 Å². The molecule has 0 radical (unpaired) electrons. The Morgan fingerprint density at radius 3 is 2.34 bits per heavy atom. The number of hydrogen-bond donors (Lipinski definition) is 0. The second-order valence-corrected chi connectivity index (χ2v) is 9.71. The van der Waals surface area contributed by atoms with Crippen LogP contribution >= 0.6 is 11.6 Å². The zero-order valence-corrected chi connectivity index (χ0v) is 18.1. The van der Waals surface area contributed by atoms with Gasteiger partial charge < -0.3 is 9.64 Å². The Labute approximate surface area is 177 Å². The summed E-state index contributed by atoms with van der Waals surface area (Å²) < 4.78 is 32.8. The Kier molecular flexibility index (Phi) is 6.82. The minimum absolute atomic E-state index is 0.0477. The van der Waals surface area contributed by atoms with Crippen molar-refractivity contribution in [1.29, 1.82) is 0 Å². The van der Waals surface area contributed by atoms with Crippen molar-refractivity contribution in [2.24, 2.45) is 5.92 Å². The third kappa shape index (κ3) is 5.10. The van der Waals surface area contributed by atoms with Crippen LogP contribution in [-0.2, 0) is 14.8 Å². The molecule has 0 aliphatic carbocycles. The van der Waals surface area contributed by atoms with Crippen LogP contribution in [0.15, 0.2) is 53.4 Å². The normalized spacial score (nSPS) is 15.5. The van der Waals surface area contributed by atoms with Crippen molar-refractivity contribution < 1.29 is 17.9 Å². The van der Waals surface area contributed by atoms with E-state index in [0.717, 1.165) is 5.69 Å². The summed E-state index contributed by atoms with van der Waals surface area (Å²) in [5.74, 6) is -0.444. The average Bonchev–Trinajstić information content (AvgIpc) is 2.73. The summed E-state index contributed by atoms with van der Waals surface area (Å²) in [4.78, 5) is 14.5. The molecule has 156 valence electrons. The molecule has 0 amide bonds. The van der Waals surface area contributed by atoms with Crippen molar-refractivity contribution in [3.63, 3.8) is 0 Å². The van der Waals surface area contributed by atoms with Crippen LogP contribution in [0.2, 0.25) is 5.02 Å². The van der Waals surface area contributed by atoms with Crippen LogP contribution in [0, 0.1) is 5.92 Å². The van der Waals surface area contributed by atoms with Gasteiger partial charge in [-0.25, -0.2) is 13.2 Å². The van der Waals surface area contributed by atoms with Crippen LogP contribution in [0.3, 0.4) is 0 Å². The van der Waals surface area contributed by atoms with Gasteiger partial charge in [-0.1, -0.05) is 43.6 Å². The van der Waals surface area contributed by atoms with Gasteiger partial charge in [0.2, 0.25) is 10.0 Å². The van der Waals surface area contributed by atoms with Crippen LogP contribution in [-0.4, -0.2) is 51.5 Å². The van der Waals surface area contributed by atoms with Gasteiger partial charge in [-0.15, -0.1) is 0 Å². The smallest absolute Gasteiger partial charge is 0.339 e. The molecule has 0 atom stereocenters. The molecule has 1 fully saturated rings. The molecule has 1 heterocycles. The van der Waals surface area contributed by atoms with E-state index in [4.69, 9.17) is 16.3 Å². The molecule has 0 N–H and O–H groups in total. The van der Waals surface area contributed by atoms with E-state index in [1.807, 2.05) is 44.2 Å². The molecule has 8 heteroatoms. The average molecular weight is 437 g/mol. The zero-order chi connectivity index (χ0) is 21.0. The van der Waals surface area contributed by atoms with Crippen molar-refractivity contribution >= 4 is 33.3 Å². The number of esters is 1. The number of ether oxygens (including phenoxy) is 1. The van der Waals surface area contributed by atoms with E-state index in [-0.39, 0.29) is 28.0 Å². The molecular formula is C21H25ClN2O4S. The Bertz CT molecular complexity index is 956. The summed E-state index contributed by atoms with van der Waals surface area (Å²) in [5.41, 5.74) is 1.14. The lowest BCUT2D eigenvalue weighted by Gasteiger charge is -2.35. The highest BCUT2D eigenvalue weighted by atomic mass is 35.5. The van der Waals surface area contributed by atoms with Crippen molar-refractivity contribution in [2.45, 2.75) is 18.7 Å². The monoisotopic (exact) mass is 436 g/mol. The second-order valence-electron chi connectivity index (χ2n) is 7.36.